The van der Waals surface area contributed by atoms with E-state index in [2.05, 4.69) is 19.2 Å². The highest BCUT2D eigenvalue weighted by Gasteiger charge is 2.20. The van der Waals surface area contributed by atoms with Gasteiger partial charge < -0.3 is 5.32 Å². The van der Waals surface area contributed by atoms with E-state index in [0.717, 1.165) is 6.54 Å². The molecule has 2 atom stereocenters. The molecule has 2 nitrogen and oxygen atoms in total. The molecule has 0 bridgehead atoms. The third-order valence-corrected chi connectivity index (χ3v) is 5.16. The Morgan fingerprint density at radius 2 is 1.83 bits per heavy atom. The molecule has 0 saturated heterocycles. The van der Waals surface area contributed by atoms with Crippen molar-refractivity contribution in [2.75, 3.05) is 12.3 Å². The number of hydrogen-bond acceptors (Lipinski definition) is 2. The predicted octanol–water partition coefficient (Wildman–Crippen LogP) is 3.74. The van der Waals surface area contributed by atoms with Crippen molar-refractivity contribution in [2.45, 2.75) is 31.7 Å². The summed E-state index contributed by atoms with van der Waals surface area (Å²) < 4.78 is 12.4. The molecule has 0 amide bonds. The van der Waals surface area contributed by atoms with E-state index in [1.54, 1.807) is 18.2 Å². The van der Waals surface area contributed by atoms with Crippen LogP contribution in [0.3, 0.4) is 0 Å². The van der Waals surface area contributed by atoms with E-state index in [4.69, 9.17) is 23.2 Å². The first-order valence-electron chi connectivity index (χ1n) is 6.03. The van der Waals surface area contributed by atoms with Gasteiger partial charge in [0.25, 0.3) is 0 Å². The number of rotatable bonds is 6. The molecule has 5 heteroatoms. The summed E-state index contributed by atoms with van der Waals surface area (Å²) in [5.41, 5.74) is 0. The number of halogens is 2. The average molecular weight is 308 g/mol. The molecular formula is C13H19Cl2NOS. The first kappa shape index (κ1) is 16.0. The standard InChI is InChI=1S/C13H19Cl2NOS/c1-4-16-12(9(2)3)8-18(17)13-10(14)6-5-7-11(13)15/h5-7,9,12,16H,4,8H2,1-3H3. The first-order valence-corrected chi connectivity index (χ1v) is 8.10. The Bertz CT molecular complexity index is 403. The Kier molecular flexibility index (Phi) is 6.64. The van der Waals surface area contributed by atoms with E-state index in [0.29, 0.717) is 26.6 Å². The summed E-state index contributed by atoms with van der Waals surface area (Å²) in [7, 11) is -1.19. The molecule has 0 aliphatic carbocycles. The fourth-order valence-electron chi connectivity index (χ4n) is 1.70. The smallest absolute Gasteiger partial charge is 0.0760 e. The van der Waals surface area contributed by atoms with Crippen LogP contribution in [0.25, 0.3) is 0 Å². The second-order valence-electron chi connectivity index (χ2n) is 4.47. The SMILES string of the molecule is CCNC(CS(=O)c1c(Cl)cccc1Cl)C(C)C. The van der Waals surface area contributed by atoms with Gasteiger partial charge in [0.1, 0.15) is 0 Å². The molecule has 0 heterocycles. The minimum absolute atomic E-state index is 0.197. The van der Waals surface area contributed by atoms with Crippen LogP contribution in [0.5, 0.6) is 0 Å². The maximum Gasteiger partial charge on any atom is 0.0760 e. The van der Waals surface area contributed by atoms with Crippen LogP contribution in [0.15, 0.2) is 23.1 Å². The van der Waals surface area contributed by atoms with Crippen LogP contribution < -0.4 is 5.32 Å². The summed E-state index contributed by atoms with van der Waals surface area (Å²) in [6, 6.07) is 5.40. The zero-order valence-electron chi connectivity index (χ0n) is 10.9. The lowest BCUT2D eigenvalue weighted by Gasteiger charge is -2.21. The van der Waals surface area contributed by atoms with Gasteiger partial charge in [-0.05, 0) is 24.6 Å². The predicted molar refractivity (Wildman–Crippen MR) is 80.0 cm³/mol. The van der Waals surface area contributed by atoms with Gasteiger partial charge in [-0.2, -0.15) is 0 Å². The summed E-state index contributed by atoms with van der Waals surface area (Å²) in [6.07, 6.45) is 0. The number of nitrogens with one attached hydrogen (secondary N) is 1. The van der Waals surface area contributed by atoms with Crippen molar-refractivity contribution < 1.29 is 4.21 Å². The monoisotopic (exact) mass is 307 g/mol. The second-order valence-corrected chi connectivity index (χ2v) is 6.72. The molecular weight excluding hydrogens is 289 g/mol. The van der Waals surface area contributed by atoms with E-state index in [1.807, 2.05) is 6.92 Å². The molecule has 0 aliphatic heterocycles. The van der Waals surface area contributed by atoms with Gasteiger partial charge in [-0.15, -0.1) is 0 Å². The average Bonchev–Trinajstić information content (AvgIpc) is 2.28. The van der Waals surface area contributed by atoms with E-state index in [-0.39, 0.29) is 6.04 Å². The Balaban J connectivity index is 2.87. The first-order chi connectivity index (χ1) is 8.47. The Hall–Kier alpha value is -0.0900. The van der Waals surface area contributed by atoms with Crippen LogP contribution in [0, 0.1) is 5.92 Å². The zero-order valence-corrected chi connectivity index (χ0v) is 13.2. The number of benzene rings is 1. The highest BCUT2D eigenvalue weighted by atomic mass is 35.5. The van der Waals surface area contributed by atoms with Gasteiger partial charge in [0.15, 0.2) is 0 Å². The summed E-state index contributed by atoms with van der Waals surface area (Å²) in [4.78, 5) is 0.546. The van der Waals surface area contributed by atoms with Crippen LogP contribution in [0.4, 0.5) is 0 Å². The van der Waals surface area contributed by atoms with Gasteiger partial charge in [-0.3, -0.25) is 4.21 Å². The third kappa shape index (κ3) is 4.23. The van der Waals surface area contributed by atoms with Gasteiger partial charge >= 0.3 is 0 Å². The topological polar surface area (TPSA) is 29.1 Å². The van der Waals surface area contributed by atoms with Crippen molar-refractivity contribution in [1.29, 1.82) is 0 Å². The molecule has 1 N–H and O–H groups in total. The second kappa shape index (κ2) is 7.49. The van der Waals surface area contributed by atoms with Crippen LogP contribution >= 0.6 is 23.2 Å². The van der Waals surface area contributed by atoms with Crippen molar-refractivity contribution in [3.8, 4) is 0 Å². The molecule has 0 fully saturated rings. The lowest BCUT2D eigenvalue weighted by molar-refractivity contribution is 0.440. The summed E-state index contributed by atoms with van der Waals surface area (Å²) in [6.45, 7) is 7.12. The minimum atomic E-state index is -1.19. The molecule has 102 valence electrons. The lowest BCUT2D eigenvalue weighted by Crippen LogP contribution is -2.38. The molecule has 1 aromatic carbocycles. The molecule has 0 radical (unpaired) electrons. The van der Waals surface area contributed by atoms with Gasteiger partial charge in [-0.1, -0.05) is 50.0 Å². The molecule has 0 saturated carbocycles. The van der Waals surface area contributed by atoms with Crippen molar-refractivity contribution in [2.24, 2.45) is 5.92 Å². The summed E-state index contributed by atoms with van der Waals surface area (Å²) in [5, 5.41) is 4.29. The lowest BCUT2D eigenvalue weighted by atomic mass is 10.1. The van der Waals surface area contributed by atoms with Crippen molar-refractivity contribution in [1.82, 2.24) is 5.32 Å². The van der Waals surface area contributed by atoms with E-state index < -0.39 is 10.8 Å². The maximum absolute atomic E-state index is 12.4. The summed E-state index contributed by atoms with van der Waals surface area (Å²) in [5.74, 6) is 0.935. The summed E-state index contributed by atoms with van der Waals surface area (Å²) >= 11 is 12.1. The Labute approximate surface area is 122 Å². The zero-order chi connectivity index (χ0) is 13.7. The van der Waals surface area contributed by atoms with Crippen LogP contribution in [0.2, 0.25) is 10.0 Å². The molecule has 0 aromatic heterocycles. The molecule has 2 unspecified atom stereocenters. The largest absolute Gasteiger partial charge is 0.313 e. The number of hydrogen-bond donors (Lipinski definition) is 1. The quantitative estimate of drug-likeness (QED) is 0.867. The molecule has 1 aromatic rings. The fourth-order valence-corrected chi connectivity index (χ4v) is 4.18. The Morgan fingerprint density at radius 1 is 1.28 bits per heavy atom. The van der Waals surface area contributed by atoms with E-state index in [9.17, 15) is 4.21 Å². The van der Waals surface area contributed by atoms with Crippen molar-refractivity contribution >= 4 is 34.0 Å². The normalized spacial score (nSPS) is 14.8. The molecule has 1 rings (SSSR count). The molecule has 18 heavy (non-hydrogen) atoms. The van der Waals surface area contributed by atoms with Crippen molar-refractivity contribution in [3.63, 3.8) is 0 Å². The highest BCUT2D eigenvalue weighted by molar-refractivity contribution is 7.85. The van der Waals surface area contributed by atoms with E-state index in [1.165, 1.54) is 0 Å². The third-order valence-electron chi connectivity index (χ3n) is 2.75. The van der Waals surface area contributed by atoms with Crippen molar-refractivity contribution in [3.05, 3.63) is 28.2 Å². The maximum atomic E-state index is 12.4. The van der Waals surface area contributed by atoms with Crippen LogP contribution in [-0.2, 0) is 10.8 Å². The van der Waals surface area contributed by atoms with Crippen LogP contribution in [0.1, 0.15) is 20.8 Å². The van der Waals surface area contributed by atoms with E-state index >= 15 is 0 Å². The minimum Gasteiger partial charge on any atom is -0.313 e. The Morgan fingerprint density at radius 3 is 2.28 bits per heavy atom. The fraction of sp³-hybridized carbons (Fsp3) is 0.538. The molecule has 0 spiro atoms. The van der Waals surface area contributed by atoms with Gasteiger partial charge in [0.05, 0.1) is 25.7 Å². The molecule has 0 aliphatic rings. The highest BCUT2D eigenvalue weighted by Crippen LogP contribution is 2.28. The van der Waals surface area contributed by atoms with Crippen LogP contribution in [-0.4, -0.2) is 22.5 Å². The van der Waals surface area contributed by atoms with Gasteiger partial charge in [0, 0.05) is 11.8 Å². The van der Waals surface area contributed by atoms with Gasteiger partial charge in [0.2, 0.25) is 0 Å². The van der Waals surface area contributed by atoms with Gasteiger partial charge in [-0.25, -0.2) is 0 Å².